The van der Waals surface area contributed by atoms with Crippen LogP contribution < -0.4 is 5.32 Å². The number of nitrogens with one attached hydrogen (secondary N) is 2. The van der Waals surface area contributed by atoms with Gasteiger partial charge in [-0.05, 0) is 30.5 Å². The summed E-state index contributed by atoms with van der Waals surface area (Å²) in [5, 5.41) is 10.3. The lowest BCUT2D eigenvalue weighted by Gasteiger charge is -2.32. The molecule has 1 aliphatic rings. The maximum atomic E-state index is 12.0. The second-order valence-corrected chi connectivity index (χ2v) is 6.07. The van der Waals surface area contributed by atoms with Gasteiger partial charge in [0.05, 0.1) is 11.8 Å². The Morgan fingerprint density at radius 2 is 2.05 bits per heavy atom. The van der Waals surface area contributed by atoms with Crippen LogP contribution in [-0.4, -0.2) is 40.1 Å². The minimum atomic E-state index is -0.0510. The Kier molecular flexibility index (Phi) is 4.75. The lowest BCUT2D eigenvalue weighted by molar-refractivity contribution is 0.0909. The van der Waals surface area contributed by atoms with Gasteiger partial charge in [0.1, 0.15) is 0 Å². The van der Waals surface area contributed by atoms with E-state index < -0.39 is 0 Å². The first-order valence-electron chi connectivity index (χ1n) is 7.47. The number of likely N-dealkylation sites (tertiary alicyclic amines) is 1. The average Bonchev–Trinajstić information content (AvgIpc) is 3.06. The zero-order valence-corrected chi connectivity index (χ0v) is 13.0. The standard InChI is InChI=1S/C16H19ClN4O/c17-14-3-1-12(2-4-14)11-21-7-5-15(6-8-21)20-16(22)13-9-18-19-10-13/h1-4,9-10,15H,5-8,11H2,(H,18,19)(H,20,22). The molecule has 0 atom stereocenters. The van der Waals surface area contributed by atoms with E-state index in [2.05, 4.69) is 32.5 Å². The van der Waals surface area contributed by atoms with Crippen molar-refractivity contribution in [2.75, 3.05) is 13.1 Å². The molecule has 1 saturated heterocycles. The van der Waals surface area contributed by atoms with Crippen LogP contribution in [-0.2, 0) is 6.54 Å². The lowest BCUT2D eigenvalue weighted by atomic mass is 10.0. The molecule has 1 amide bonds. The van der Waals surface area contributed by atoms with Crippen LogP contribution in [0.1, 0.15) is 28.8 Å². The normalized spacial score (nSPS) is 16.6. The number of carbonyl (C=O) groups is 1. The first-order valence-corrected chi connectivity index (χ1v) is 7.85. The molecule has 1 aromatic heterocycles. The molecule has 1 aromatic carbocycles. The molecule has 0 aliphatic carbocycles. The number of H-pyrrole nitrogens is 1. The number of piperidine rings is 1. The molecule has 5 nitrogen and oxygen atoms in total. The number of rotatable bonds is 4. The second kappa shape index (κ2) is 6.94. The van der Waals surface area contributed by atoms with Gasteiger partial charge in [-0.3, -0.25) is 14.8 Å². The van der Waals surface area contributed by atoms with E-state index in [1.54, 1.807) is 12.4 Å². The van der Waals surface area contributed by atoms with Crippen molar-refractivity contribution in [3.63, 3.8) is 0 Å². The highest BCUT2D eigenvalue weighted by atomic mass is 35.5. The Morgan fingerprint density at radius 3 is 2.68 bits per heavy atom. The molecule has 2 aromatic rings. The van der Waals surface area contributed by atoms with Gasteiger partial charge in [-0.2, -0.15) is 5.10 Å². The topological polar surface area (TPSA) is 61.0 Å². The van der Waals surface area contributed by atoms with E-state index in [0.717, 1.165) is 37.5 Å². The number of halogens is 1. The van der Waals surface area contributed by atoms with Gasteiger partial charge < -0.3 is 5.32 Å². The second-order valence-electron chi connectivity index (χ2n) is 5.64. The van der Waals surface area contributed by atoms with Crippen LogP contribution in [0.25, 0.3) is 0 Å². The Labute approximate surface area is 134 Å². The van der Waals surface area contributed by atoms with Crippen molar-refractivity contribution < 1.29 is 4.79 Å². The summed E-state index contributed by atoms with van der Waals surface area (Å²) in [7, 11) is 0. The van der Waals surface area contributed by atoms with E-state index in [0.29, 0.717) is 5.56 Å². The Hall–Kier alpha value is -1.85. The maximum Gasteiger partial charge on any atom is 0.254 e. The first-order chi connectivity index (χ1) is 10.7. The minimum Gasteiger partial charge on any atom is -0.349 e. The summed E-state index contributed by atoms with van der Waals surface area (Å²) in [5.74, 6) is -0.0510. The van der Waals surface area contributed by atoms with Crippen LogP contribution in [0.2, 0.25) is 5.02 Å². The molecule has 3 rings (SSSR count). The highest BCUT2D eigenvalue weighted by Crippen LogP contribution is 2.16. The number of amides is 1. The summed E-state index contributed by atoms with van der Waals surface area (Å²) in [4.78, 5) is 14.4. The smallest absolute Gasteiger partial charge is 0.254 e. The maximum absolute atomic E-state index is 12.0. The van der Waals surface area contributed by atoms with Crippen molar-refractivity contribution in [3.8, 4) is 0 Å². The number of hydrogen-bond donors (Lipinski definition) is 2. The molecule has 2 heterocycles. The van der Waals surface area contributed by atoms with Gasteiger partial charge in [0.25, 0.3) is 5.91 Å². The van der Waals surface area contributed by atoms with Crippen molar-refractivity contribution in [1.82, 2.24) is 20.4 Å². The van der Waals surface area contributed by atoms with Crippen LogP contribution in [0.4, 0.5) is 0 Å². The molecular weight excluding hydrogens is 300 g/mol. The van der Waals surface area contributed by atoms with E-state index in [1.807, 2.05) is 12.1 Å². The van der Waals surface area contributed by atoms with Crippen molar-refractivity contribution >= 4 is 17.5 Å². The predicted molar refractivity (Wildman–Crippen MR) is 85.8 cm³/mol. The molecule has 2 N–H and O–H groups in total. The number of hydrogen-bond acceptors (Lipinski definition) is 3. The quantitative estimate of drug-likeness (QED) is 0.910. The summed E-state index contributed by atoms with van der Waals surface area (Å²) in [6, 6.07) is 8.22. The molecule has 0 bridgehead atoms. The van der Waals surface area contributed by atoms with E-state index in [1.165, 1.54) is 5.56 Å². The van der Waals surface area contributed by atoms with Gasteiger partial charge >= 0.3 is 0 Å². The molecule has 1 fully saturated rings. The summed E-state index contributed by atoms with van der Waals surface area (Å²) in [6.45, 7) is 2.90. The van der Waals surface area contributed by atoms with Gasteiger partial charge in [0.15, 0.2) is 0 Å². The number of benzene rings is 1. The molecule has 6 heteroatoms. The third kappa shape index (κ3) is 3.87. The van der Waals surface area contributed by atoms with E-state index >= 15 is 0 Å². The van der Waals surface area contributed by atoms with E-state index in [9.17, 15) is 4.79 Å². The fourth-order valence-corrected chi connectivity index (χ4v) is 2.85. The monoisotopic (exact) mass is 318 g/mol. The molecule has 0 radical (unpaired) electrons. The molecule has 0 unspecified atom stereocenters. The van der Waals surface area contributed by atoms with Crippen LogP contribution in [0.15, 0.2) is 36.7 Å². The highest BCUT2D eigenvalue weighted by molar-refractivity contribution is 6.30. The number of aromatic nitrogens is 2. The van der Waals surface area contributed by atoms with E-state index in [-0.39, 0.29) is 11.9 Å². The third-order valence-corrected chi connectivity index (χ3v) is 4.25. The van der Waals surface area contributed by atoms with Crippen LogP contribution in [0.5, 0.6) is 0 Å². The molecular formula is C16H19ClN4O. The first kappa shape index (κ1) is 15.1. The molecule has 0 spiro atoms. The summed E-state index contributed by atoms with van der Waals surface area (Å²) >= 11 is 5.90. The Bertz CT molecular complexity index is 604. The van der Waals surface area contributed by atoms with Crippen molar-refractivity contribution in [2.24, 2.45) is 0 Å². The fraction of sp³-hybridized carbons (Fsp3) is 0.375. The zero-order chi connectivity index (χ0) is 15.4. The Balaban J connectivity index is 1.46. The fourth-order valence-electron chi connectivity index (χ4n) is 2.73. The lowest BCUT2D eigenvalue weighted by Crippen LogP contribution is -2.44. The SMILES string of the molecule is O=C(NC1CCN(Cc2ccc(Cl)cc2)CC1)c1cn[nH]c1. The molecule has 1 aliphatic heterocycles. The zero-order valence-electron chi connectivity index (χ0n) is 12.3. The summed E-state index contributed by atoms with van der Waals surface area (Å²) in [5.41, 5.74) is 1.86. The number of aromatic amines is 1. The molecule has 22 heavy (non-hydrogen) atoms. The Morgan fingerprint density at radius 1 is 1.32 bits per heavy atom. The van der Waals surface area contributed by atoms with E-state index in [4.69, 9.17) is 11.6 Å². The highest BCUT2D eigenvalue weighted by Gasteiger charge is 2.21. The predicted octanol–water partition coefficient (Wildman–Crippen LogP) is 2.46. The average molecular weight is 319 g/mol. The van der Waals surface area contributed by atoms with Gasteiger partial charge in [-0.15, -0.1) is 0 Å². The molecule has 0 saturated carbocycles. The van der Waals surface area contributed by atoms with Crippen LogP contribution in [0.3, 0.4) is 0 Å². The van der Waals surface area contributed by atoms with Gasteiger partial charge in [-0.25, -0.2) is 0 Å². The minimum absolute atomic E-state index is 0.0510. The van der Waals surface area contributed by atoms with Gasteiger partial charge in [-0.1, -0.05) is 23.7 Å². The van der Waals surface area contributed by atoms with Gasteiger partial charge in [0, 0.05) is 36.9 Å². The van der Waals surface area contributed by atoms with Crippen LogP contribution in [0, 0.1) is 0 Å². The number of nitrogens with zero attached hydrogens (tertiary/aromatic N) is 2. The van der Waals surface area contributed by atoms with Crippen LogP contribution >= 0.6 is 11.6 Å². The van der Waals surface area contributed by atoms with Crippen molar-refractivity contribution in [1.29, 1.82) is 0 Å². The largest absolute Gasteiger partial charge is 0.349 e. The summed E-state index contributed by atoms with van der Waals surface area (Å²) < 4.78 is 0. The van der Waals surface area contributed by atoms with Gasteiger partial charge in [0.2, 0.25) is 0 Å². The van der Waals surface area contributed by atoms with Crippen molar-refractivity contribution in [3.05, 3.63) is 52.8 Å². The van der Waals surface area contributed by atoms with Crippen molar-refractivity contribution in [2.45, 2.75) is 25.4 Å². The molecule has 116 valence electrons. The third-order valence-electron chi connectivity index (χ3n) is 4.00. The summed E-state index contributed by atoms with van der Waals surface area (Å²) in [6.07, 6.45) is 5.10. The number of carbonyl (C=O) groups excluding carboxylic acids is 1.